The summed E-state index contributed by atoms with van der Waals surface area (Å²) in [4.78, 5) is 0. The van der Waals surface area contributed by atoms with Crippen molar-refractivity contribution in [1.82, 2.24) is 0 Å². The topological polar surface area (TPSA) is 0 Å². The van der Waals surface area contributed by atoms with E-state index in [2.05, 4.69) is 0 Å². The normalized spacial score (nSPS) is 12.1. The Labute approximate surface area is 152 Å². The Hall–Kier alpha value is -2.31. The maximum atomic E-state index is 14.3. The molecule has 0 aliphatic rings. The van der Waals surface area contributed by atoms with Crippen LogP contribution in [0.25, 0.3) is 17.2 Å². The van der Waals surface area contributed by atoms with E-state index in [-0.39, 0.29) is 12.2 Å². The molecule has 0 saturated carbocycles. The SMILES string of the molecule is CCCCCc1cc(F)c(-c2cc(F)c(C=CC(F)(F)F)c(F)c2)c(F)c1. The van der Waals surface area contributed by atoms with E-state index < -0.39 is 46.1 Å². The second-order valence-electron chi connectivity index (χ2n) is 6.12. The highest BCUT2D eigenvalue weighted by Crippen LogP contribution is 2.31. The van der Waals surface area contributed by atoms with Crippen LogP contribution in [0, 0.1) is 23.3 Å². The molecule has 0 nitrogen and oxygen atoms in total. The van der Waals surface area contributed by atoms with Gasteiger partial charge in [0.05, 0.1) is 5.56 Å². The van der Waals surface area contributed by atoms with Crippen LogP contribution in [0.15, 0.2) is 30.3 Å². The van der Waals surface area contributed by atoms with E-state index in [1.165, 1.54) is 0 Å². The fraction of sp³-hybridized carbons (Fsp3) is 0.300. The predicted molar refractivity (Wildman–Crippen MR) is 90.0 cm³/mol. The van der Waals surface area contributed by atoms with Gasteiger partial charge in [0.25, 0.3) is 0 Å². The van der Waals surface area contributed by atoms with E-state index in [1.54, 1.807) is 0 Å². The molecule has 0 aliphatic heterocycles. The molecule has 2 rings (SSSR count). The summed E-state index contributed by atoms with van der Waals surface area (Å²) >= 11 is 0. The molecule has 0 aromatic heterocycles. The van der Waals surface area contributed by atoms with Gasteiger partial charge in [-0.05, 0) is 54.3 Å². The summed E-state index contributed by atoms with van der Waals surface area (Å²) in [5.41, 5.74) is -1.57. The smallest absolute Gasteiger partial charge is 0.206 e. The van der Waals surface area contributed by atoms with Crippen molar-refractivity contribution in [2.45, 2.75) is 38.8 Å². The zero-order valence-electron chi connectivity index (χ0n) is 14.4. The second-order valence-corrected chi connectivity index (χ2v) is 6.12. The first kappa shape index (κ1) is 21.0. The first-order chi connectivity index (χ1) is 12.6. The van der Waals surface area contributed by atoms with E-state index in [9.17, 15) is 30.7 Å². The van der Waals surface area contributed by atoms with E-state index >= 15 is 0 Å². The minimum absolute atomic E-state index is 0.234. The van der Waals surface area contributed by atoms with Gasteiger partial charge in [-0.15, -0.1) is 0 Å². The van der Waals surface area contributed by atoms with Crippen LogP contribution >= 0.6 is 0 Å². The summed E-state index contributed by atoms with van der Waals surface area (Å²) in [5, 5.41) is 0. The van der Waals surface area contributed by atoms with Crippen molar-refractivity contribution in [1.29, 1.82) is 0 Å². The third-order valence-corrected chi connectivity index (χ3v) is 3.98. The molecular weight excluding hydrogens is 373 g/mol. The second kappa shape index (κ2) is 8.59. The van der Waals surface area contributed by atoms with Crippen molar-refractivity contribution >= 4 is 6.08 Å². The van der Waals surface area contributed by atoms with Crippen LogP contribution in [0.2, 0.25) is 0 Å². The van der Waals surface area contributed by atoms with Crippen LogP contribution in [0.3, 0.4) is 0 Å². The molecule has 7 heteroatoms. The third-order valence-electron chi connectivity index (χ3n) is 3.98. The lowest BCUT2D eigenvalue weighted by atomic mass is 9.98. The number of halogens is 7. The van der Waals surface area contributed by atoms with Crippen LogP contribution < -0.4 is 0 Å². The molecule has 0 spiro atoms. The van der Waals surface area contributed by atoms with Gasteiger partial charge in [0.2, 0.25) is 0 Å². The summed E-state index contributed by atoms with van der Waals surface area (Å²) in [6, 6.07) is 3.41. The summed E-state index contributed by atoms with van der Waals surface area (Å²) in [6.45, 7) is 1.99. The van der Waals surface area contributed by atoms with E-state index in [0.717, 1.165) is 31.4 Å². The molecule has 0 heterocycles. The molecule has 0 amide bonds. The van der Waals surface area contributed by atoms with Gasteiger partial charge in [0.1, 0.15) is 23.3 Å². The van der Waals surface area contributed by atoms with Gasteiger partial charge in [0.15, 0.2) is 0 Å². The van der Waals surface area contributed by atoms with Crippen molar-refractivity contribution in [3.63, 3.8) is 0 Å². The Morgan fingerprint density at radius 2 is 1.37 bits per heavy atom. The molecule has 2 aromatic carbocycles. The van der Waals surface area contributed by atoms with Gasteiger partial charge >= 0.3 is 6.18 Å². The van der Waals surface area contributed by atoms with Gasteiger partial charge < -0.3 is 0 Å². The summed E-state index contributed by atoms with van der Waals surface area (Å²) in [5.74, 6) is -4.68. The number of alkyl halides is 3. The van der Waals surface area contributed by atoms with Crippen molar-refractivity contribution < 1.29 is 30.7 Å². The van der Waals surface area contributed by atoms with E-state index in [4.69, 9.17) is 0 Å². The van der Waals surface area contributed by atoms with Gasteiger partial charge in [0, 0.05) is 11.6 Å². The van der Waals surface area contributed by atoms with Gasteiger partial charge in [-0.1, -0.05) is 19.8 Å². The molecule has 2 aromatic rings. The quantitative estimate of drug-likeness (QED) is 0.361. The molecule has 0 unspecified atom stereocenters. The van der Waals surface area contributed by atoms with Crippen molar-refractivity contribution in [3.8, 4) is 11.1 Å². The first-order valence-electron chi connectivity index (χ1n) is 8.35. The molecular formula is C20H17F7. The van der Waals surface area contributed by atoms with Gasteiger partial charge in [-0.25, -0.2) is 17.6 Å². The Morgan fingerprint density at radius 3 is 1.85 bits per heavy atom. The average molecular weight is 390 g/mol. The number of hydrogen-bond acceptors (Lipinski definition) is 0. The lowest BCUT2D eigenvalue weighted by molar-refractivity contribution is -0.0790. The number of rotatable bonds is 6. The lowest BCUT2D eigenvalue weighted by Gasteiger charge is -2.10. The number of hydrogen-bond donors (Lipinski definition) is 0. The van der Waals surface area contributed by atoms with Gasteiger partial charge in [-0.3, -0.25) is 0 Å². The summed E-state index contributed by atoms with van der Waals surface area (Å²) in [6.07, 6.45) is -1.78. The summed E-state index contributed by atoms with van der Waals surface area (Å²) in [7, 11) is 0. The fourth-order valence-electron chi connectivity index (χ4n) is 2.69. The number of allylic oxidation sites excluding steroid dienone is 1. The minimum Gasteiger partial charge on any atom is -0.206 e. The standard InChI is InChI=1S/C20H17F7/c1-2-3-4-5-12-8-17(23)19(18(24)9-12)13-10-15(21)14(16(22)11-13)6-7-20(25,26)27/h6-11H,2-5H2,1H3. The maximum Gasteiger partial charge on any atom is 0.409 e. The number of aryl methyl sites for hydroxylation is 1. The Morgan fingerprint density at radius 1 is 0.815 bits per heavy atom. The predicted octanol–water partition coefficient (Wildman–Crippen LogP) is 7.22. The highest BCUT2D eigenvalue weighted by atomic mass is 19.4. The zero-order valence-corrected chi connectivity index (χ0v) is 14.4. The molecule has 0 fully saturated rings. The Kier molecular flexibility index (Phi) is 6.68. The Balaban J connectivity index is 2.40. The largest absolute Gasteiger partial charge is 0.409 e. The van der Waals surface area contributed by atoms with Crippen molar-refractivity contribution in [2.24, 2.45) is 0 Å². The highest BCUT2D eigenvalue weighted by Gasteiger charge is 2.23. The van der Waals surface area contributed by atoms with Crippen LogP contribution in [0.5, 0.6) is 0 Å². The molecule has 0 bridgehead atoms. The van der Waals surface area contributed by atoms with E-state index in [1.807, 2.05) is 6.92 Å². The average Bonchev–Trinajstić information content (AvgIpc) is 2.52. The molecule has 0 N–H and O–H groups in total. The number of unbranched alkanes of at least 4 members (excludes halogenated alkanes) is 2. The molecule has 0 saturated heterocycles. The monoisotopic (exact) mass is 390 g/mol. The van der Waals surface area contributed by atoms with Gasteiger partial charge in [-0.2, -0.15) is 13.2 Å². The number of benzene rings is 2. The highest BCUT2D eigenvalue weighted by molar-refractivity contribution is 5.68. The lowest BCUT2D eigenvalue weighted by Crippen LogP contribution is -2.01. The minimum atomic E-state index is -4.75. The van der Waals surface area contributed by atoms with Crippen LogP contribution in [-0.4, -0.2) is 6.18 Å². The van der Waals surface area contributed by atoms with Crippen molar-refractivity contribution in [3.05, 3.63) is 64.7 Å². The summed E-state index contributed by atoms with van der Waals surface area (Å²) < 4.78 is 93.2. The van der Waals surface area contributed by atoms with Crippen molar-refractivity contribution in [2.75, 3.05) is 0 Å². The third kappa shape index (κ3) is 5.58. The maximum absolute atomic E-state index is 14.3. The first-order valence-corrected chi connectivity index (χ1v) is 8.35. The van der Waals surface area contributed by atoms with E-state index in [0.29, 0.717) is 24.1 Å². The molecule has 146 valence electrons. The molecule has 27 heavy (non-hydrogen) atoms. The van der Waals surface area contributed by atoms with Crippen LogP contribution in [0.4, 0.5) is 30.7 Å². The van der Waals surface area contributed by atoms with Crippen LogP contribution in [-0.2, 0) is 6.42 Å². The van der Waals surface area contributed by atoms with Crippen LogP contribution in [0.1, 0.15) is 37.3 Å². The molecule has 0 aliphatic carbocycles. The molecule has 0 radical (unpaired) electrons. The zero-order chi connectivity index (χ0) is 20.2. The Bertz CT molecular complexity index is 789. The fourth-order valence-corrected chi connectivity index (χ4v) is 2.69. The molecule has 0 atom stereocenters.